The first-order valence-electron chi connectivity index (χ1n) is 14.0. The maximum atomic E-state index is 2.65. The Labute approximate surface area is 220 Å². The number of rotatable bonds is 3. The van der Waals surface area contributed by atoms with Crippen molar-refractivity contribution in [3.63, 3.8) is 0 Å². The normalized spacial score (nSPS) is 33.4. The maximum absolute atomic E-state index is 2.65. The van der Waals surface area contributed by atoms with Crippen molar-refractivity contribution in [2.75, 3.05) is 0 Å². The molecule has 5 saturated carbocycles. The van der Waals surface area contributed by atoms with E-state index in [2.05, 4.69) is 55.5 Å². The fourth-order valence-corrected chi connectivity index (χ4v) is 10.2. The summed E-state index contributed by atoms with van der Waals surface area (Å²) < 4.78 is 1.60. The molecule has 4 bridgehead atoms. The van der Waals surface area contributed by atoms with Crippen molar-refractivity contribution in [1.29, 1.82) is 0 Å². The molecule has 0 aliphatic heterocycles. The van der Waals surface area contributed by atoms with Gasteiger partial charge in [0.2, 0.25) is 0 Å². The van der Waals surface area contributed by atoms with E-state index in [-0.39, 0.29) is 0 Å². The van der Waals surface area contributed by atoms with Gasteiger partial charge in [0.1, 0.15) is 0 Å². The van der Waals surface area contributed by atoms with Crippen LogP contribution in [-0.4, -0.2) is 0 Å². The first-order valence-corrected chi connectivity index (χ1v) is 15.3. The molecule has 0 heterocycles. The summed E-state index contributed by atoms with van der Waals surface area (Å²) in [4.78, 5) is 0. The monoisotopic (exact) mass is 523 g/mol. The van der Waals surface area contributed by atoms with Gasteiger partial charge in [0, 0.05) is 0 Å². The van der Waals surface area contributed by atoms with E-state index in [0.29, 0.717) is 0 Å². The topological polar surface area (TPSA) is 0 Å². The molecule has 6 aliphatic carbocycles. The molecule has 2 aromatic rings. The molecule has 0 spiro atoms. The Bertz CT molecular complexity index is 1240. The molecule has 0 atom stereocenters. The number of hydrogen-bond acceptors (Lipinski definition) is 0. The predicted octanol–water partition coefficient (Wildman–Crippen LogP) is 7.16. The van der Waals surface area contributed by atoms with Gasteiger partial charge in [-0.15, -0.1) is 0 Å². The SMILES string of the molecule is Cc1ccc(-c2ccccc2C2C3CC4CC(C3)CC2C4)c2c1=[C]([Zr])C(=CC1CCCCC1)C=2. The van der Waals surface area contributed by atoms with Crippen LogP contribution in [0.2, 0.25) is 0 Å². The molecule has 8 rings (SSSR count). The number of fused-ring (bicyclic) bond motifs is 1. The molecule has 0 amide bonds. The third-order valence-electron chi connectivity index (χ3n) is 10.2. The van der Waals surface area contributed by atoms with Crippen LogP contribution >= 0.6 is 0 Å². The molecule has 0 aromatic heterocycles. The Morgan fingerprint density at radius 1 is 0.794 bits per heavy atom. The van der Waals surface area contributed by atoms with Crippen molar-refractivity contribution in [3.8, 4) is 11.1 Å². The van der Waals surface area contributed by atoms with E-state index in [0.717, 1.165) is 35.5 Å². The second-order valence-corrected chi connectivity index (χ2v) is 13.5. The quantitative estimate of drug-likeness (QED) is 0.400. The Balaban J connectivity index is 1.35. The van der Waals surface area contributed by atoms with Gasteiger partial charge < -0.3 is 0 Å². The molecular weight excluding hydrogens is 488 g/mol. The Kier molecular flexibility index (Phi) is 5.66. The predicted molar refractivity (Wildman–Crippen MR) is 138 cm³/mol. The van der Waals surface area contributed by atoms with Gasteiger partial charge in [0.25, 0.3) is 0 Å². The van der Waals surface area contributed by atoms with Gasteiger partial charge in [-0.05, 0) is 0 Å². The van der Waals surface area contributed by atoms with E-state index < -0.39 is 0 Å². The van der Waals surface area contributed by atoms with Crippen LogP contribution in [0.3, 0.4) is 0 Å². The number of aryl methyl sites for hydroxylation is 1. The van der Waals surface area contributed by atoms with Crippen LogP contribution in [0, 0.1) is 36.5 Å². The van der Waals surface area contributed by atoms with Crippen molar-refractivity contribution in [3.05, 3.63) is 69.6 Å². The van der Waals surface area contributed by atoms with Gasteiger partial charge in [0.05, 0.1) is 0 Å². The number of allylic oxidation sites excluding steroid dienone is 2. The molecule has 0 radical (unpaired) electrons. The van der Waals surface area contributed by atoms with Crippen LogP contribution < -0.4 is 10.4 Å². The average Bonchev–Trinajstić information content (AvgIpc) is 3.16. The molecule has 173 valence electrons. The first kappa shape index (κ1) is 22.0. The third kappa shape index (κ3) is 3.63. The van der Waals surface area contributed by atoms with Crippen molar-refractivity contribution in [2.24, 2.45) is 29.6 Å². The van der Waals surface area contributed by atoms with Gasteiger partial charge in [-0.1, -0.05) is 0 Å². The molecule has 0 saturated heterocycles. The molecular formula is C33H37Zr. The summed E-state index contributed by atoms with van der Waals surface area (Å²) in [5.74, 6) is 5.51. The second-order valence-electron chi connectivity index (χ2n) is 12.3. The average molecular weight is 525 g/mol. The fraction of sp³-hybridized carbons (Fsp3) is 0.515. The van der Waals surface area contributed by atoms with Crippen molar-refractivity contribution < 1.29 is 24.7 Å². The second kappa shape index (κ2) is 8.73. The summed E-state index contributed by atoms with van der Waals surface area (Å²) in [7, 11) is 0. The van der Waals surface area contributed by atoms with Crippen molar-refractivity contribution in [2.45, 2.75) is 77.0 Å². The number of benzene rings is 2. The molecule has 0 N–H and O–H groups in total. The van der Waals surface area contributed by atoms with Crippen molar-refractivity contribution >= 4 is 9.36 Å². The zero-order chi connectivity index (χ0) is 22.8. The minimum absolute atomic E-state index is 0.786. The Morgan fingerprint density at radius 2 is 1.50 bits per heavy atom. The van der Waals surface area contributed by atoms with Gasteiger partial charge in [-0.3, -0.25) is 0 Å². The molecule has 34 heavy (non-hydrogen) atoms. The van der Waals surface area contributed by atoms with E-state index in [4.69, 9.17) is 0 Å². The molecule has 1 heteroatoms. The zero-order valence-corrected chi connectivity index (χ0v) is 23.1. The van der Waals surface area contributed by atoms with Gasteiger partial charge in [-0.2, -0.15) is 0 Å². The molecule has 6 aliphatic rings. The van der Waals surface area contributed by atoms with E-state index in [1.807, 2.05) is 0 Å². The van der Waals surface area contributed by atoms with Crippen LogP contribution in [0.1, 0.15) is 81.3 Å². The van der Waals surface area contributed by atoms with Gasteiger partial charge in [-0.25, -0.2) is 0 Å². The van der Waals surface area contributed by atoms with E-state index >= 15 is 0 Å². The molecule has 0 unspecified atom stereocenters. The standard InChI is InChI=1S/C33H37.Zr/c1-21-11-12-29(32-20-25(19-31(21)32)13-22-7-3-2-4-8-22)28-9-5-6-10-30(28)33-26-15-23-14-24(17-26)18-27(33)16-23;/h5-6,9-13,20,22-24,26-27,33H,2-4,7-8,14-18H2,1H3;. The zero-order valence-electron chi connectivity index (χ0n) is 20.7. The number of hydrogen-bond donors (Lipinski definition) is 0. The third-order valence-corrected chi connectivity index (χ3v) is 11.5. The van der Waals surface area contributed by atoms with E-state index in [1.165, 1.54) is 86.1 Å². The summed E-state index contributed by atoms with van der Waals surface area (Å²) in [6.45, 7) is 2.33. The Morgan fingerprint density at radius 3 is 2.24 bits per heavy atom. The fourth-order valence-electron chi connectivity index (χ4n) is 8.97. The van der Waals surface area contributed by atoms with E-state index in [9.17, 15) is 0 Å². The van der Waals surface area contributed by atoms with Gasteiger partial charge >= 0.3 is 221 Å². The minimum atomic E-state index is 0.786. The summed E-state index contributed by atoms with van der Waals surface area (Å²) in [6, 6.07) is 14.4. The van der Waals surface area contributed by atoms with Crippen LogP contribution in [0.25, 0.3) is 20.5 Å². The molecule has 5 fully saturated rings. The Hall–Kier alpha value is -1.20. The van der Waals surface area contributed by atoms with Crippen LogP contribution in [0.5, 0.6) is 0 Å². The van der Waals surface area contributed by atoms with Gasteiger partial charge in [0.15, 0.2) is 0 Å². The first-order chi connectivity index (χ1) is 16.7. The van der Waals surface area contributed by atoms with E-state index in [1.54, 1.807) is 44.4 Å². The van der Waals surface area contributed by atoms with Crippen LogP contribution in [-0.2, 0) is 24.7 Å². The summed E-state index contributed by atoms with van der Waals surface area (Å²) >= 11 is 1.57. The summed E-state index contributed by atoms with van der Waals surface area (Å²) in [5, 5.41) is 3.07. The van der Waals surface area contributed by atoms with Crippen LogP contribution in [0.4, 0.5) is 0 Å². The summed E-state index contributed by atoms with van der Waals surface area (Å²) in [6.07, 6.45) is 19.8. The molecule has 0 nitrogen and oxygen atoms in total. The summed E-state index contributed by atoms with van der Waals surface area (Å²) in [5.41, 5.74) is 7.71. The van der Waals surface area contributed by atoms with Crippen molar-refractivity contribution in [1.82, 2.24) is 0 Å². The molecule has 2 aromatic carbocycles. The van der Waals surface area contributed by atoms with Crippen LogP contribution in [0.15, 0.2) is 48.0 Å².